The Morgan fingerprint density at radius 2 is 2.12 bits per heavy atom. The van der Waals surface area contributed by atoms with Crippen LogP contribution in [0.4, 0.5) is 25.0 Å². The first-order valence-electron chi connectivity index (χ1n) is 7.58. The van der Waals surface area contributed by atoms with Gasteiger partial charge in [0.2, 0.25) is 0 Å². The predicted octanol–water partition coefficient (Wildman–Crippen LogP) is 1.83. The number of hydrogen-bond acceptors (Lipinski definition) is 5. The van der Waals surface area contributed by atoms with Crippen LogP contribution in [0.15, 0.2) is 18.2 Å². The monoisotopic (exact) mass is 357 g/mol. The average Bonchev–Trinajstić information content (AvgIpc) is 2.94. The molecule has 0 bridgehead atoms. The van der Waals surface area contributed by atoms with E-state index in [1.807, 2.05) is 4.90 Å². The first-order valence-corrected chi connectivity index (χ1v) is 7.99. The second-order valence-electron chi connectivity index (χ2n) is 5.51. The van der Waals surface area contributed by atoms with E-state index in [0.29, 0.717) is 37.7 Å². The summed E-state index contributed by atoms with van der Waals surface area (Å²) in [6.45, 7) is 2.64. The number of morpholine rings is 1. The highest BCUT2D eigenvalue weighted by atomic mass is 32.1. The number of hydrogen-bond donors (Lipinski definition) is 1. The van der Waals surface area contributed by atoms with Crippen molar-refractivity contribution in [3.8, 4) is 0 Å². The summed E-state index contributed by atoms with van der Waals surface area (Å²) in [5.41, 5.74) is 0.885. The van der Waals surface area contributed by atoms with Crippen LogP contribution in [0.5, 0.6) is 0 Å². The average molecular weight is 357 g/mol. The Balaban J connectivity index is 1.69. The Morgan fingerprint density at radius 3 is 2.79 bits per heavy atom. The fourth-order valence-corrected chi connectivity index (χ4v) is 2.84. The van der Waals surface area contributed by atoms with E-state index in [2.05, 4.69) is 17.5 Å². The van der Waals surface area contributed by atoms with E-state index < -0.39 is 23.3 Å². The number of thiocarbonyl (C=S) groups is 1. The van der Waals surface area contributed by atoms with Crippen molar-refractivity contribution in [1.29, 1.82) is 0 Å². The first-order chi connectivity index (χ1) is 11.5. The highest BCUT2D eigenvalue weighted by molar-refractivity contribution is 7.80. The molecule has 2 saturated heterocycles. The van der Waals surface area contributed by atoms with Gasteiger partial charge in [0.05, 0.1) is 37.7 Å². The van der Waals surface area contributed by atoms with Crippen LogP contribution in [0, 0.1) is 5.82 Å². The van der Waals surface area contributed by atoms with Crippen LogP contribution in [0.2, 0.25) is 0 Å². The molecule has 2 heterocycles. The van der Waals surface area contributed by atoms with Crippen molar-refractivity contribution in [3.05, 3.63) is 24.0 Å². The summed E-state index contributed by atoms with van der Waals surface area (Å²) in [6.07, 6.45) is -1.14. The van der Waals surface area contributed by atoms with Crippen LogP contribution in [0.1, 0.15) is 0 Å². The maximum atomic E-state index is 14.4. The van der Waals surface area contributed by atoms with Crippen LogP contribution in [0.25, 0.3) is 0 Å². The number of rotatable bonds is 4. The first kappa shape index (κ1) is 16.8. The minimum Gasteiger partial charge on any atom is -0.442 e. The van der Waals surface area contributed by atoms with E-state index in [9.17, 15) is 13.6 Å². The van der Waals surface area contributed by atoms with E-state index in [-0.39, 0.29) is 13.1 Å². The third-order valence-electron chi connectivity index (χ3n) is 3.94. The zero-order valence-electron chi connectivity index (χ0n) is 12.8. The molecule has 2 aliphatic rings. The number of nitrogens with one attached hydrogen (secondary N) is 1. The molecule has 9 heteroatoms. The number of amides is 1. The van der Waals surface area contributed by atoms with Gasteiger partial charge in [-0.1, -0.05) is 0 Å². The van der Waals surface area contributed by atoms with Gasteiger partial charge in [0.15, 0.2) is 0 Å². The van der Waals surface area contributed by atoms with E-state index in [4.69, 9.17) is 9.47 Å². The van der Waals surface area contributed by atoms with Crippen LogP contribution < -0.4 is 15.1 Å². The summed E-state index contributed by atoms with van der Waals surface area (Å²) in [7, 11) is 0. The molecule has 130 valence electrons. The van der Waals surface area contributed by atoms with Gasteiger partial charge in [0, 0.05) is 13.1 Å². The smallest absolute Gasteiger partial charge is 0.414 e. The lowest BCUT2D eigenvalue weighted by Crippen LogP contribution is -2.36. The molecule has 0 saturated carbocycles. The number of halogens is 2. The predicted molar refractivity (Wildman–Crippen MR) is 88.8 cm³/mol. The molecule has 0 unspecified atom stereocenters. The van der Waals surface area contributed by atoms with Crippen molar-refractivity contribution in [2.75, 3.05) is 49.2 Å². The molecular formula is C15H17F2N3O3S. The van der Waals surface area contributed by atoms with Crippen molar-refractivity contribution >= 4 is 34.9 Å². The lowest BCUT2D eigenvalue weighted by molar-refractivity contribution is 0.122. The summed E-state index contributed by atoms with van der Waals surface area (Å²) in [5, 5.41) is 1.46. The summed E-state index contributed by atoms with van der Waals surface area (Å²) in [5.74, 6) is -0.409. The van der Waals surface area contributed by atoms with E-state index in [0.717, 1.165) is 0 Å². The van der Waals surface area contributed by atoms with E-state index in [1.54, 1.807) is 12.1 Å². The van der Waals surface area contributed by atoms with Crippen molar-refractivity contribution in [2.24, 2.45) is 0 Å². The number of carbonyl (C=O) groups excluding carboxylic acids is 1. The normalized spacial score (nSPS) is 20.9. The van der Waals surface area contributed by atoms with Crippen LogP contribution in [-0.2, 0) is 9.47 Å². The minimum absolute atomic E-state index is 0.0753. The maximum Gasteiger partial charge on any atom is 0.414 e. The molecular weight excluding hydrogens is 340 g/mol. The molecule has 0 radical (unpaired) electrons. The van der Waals surface area contributed by atoms with E-state index >= 15 is 0 Å². The van der Waals surface area contributed by atoms with Crippen molar-refractivity contribution in [2.45, 2.75) is 6.10 Å². The van der Waals surface area contributed by atoms with Gasteiger partial charge in [-0.25, -0.2) is 9.18 Å². The molecule has 1 aromatic carbocycles. The molecule has 2 aliphatic heterocycles. The molecule has 2 fully saturated rings. The minimum atomic E-state index is -0.856. The second kappa shape index (κ2) is 7.27. The molecule has 24 heavy (non-hydrogen) atoms. The molecule has 1 atom stereocenters. The third-order valence-corrected chi connectivity index (χ3v) is 4.08. The second-order valence-corrected chi connectivity index (χ2v) is 5.86. The standard InChI is InChI=1S/C15H17F2N3O3S/c16-12-7-10(1-2-13(12)19-3-5-22-6-4-19)20-9-11(23-15(20)21)8-18-14(17)24/h1-2,7,11H,3-6,8-9H2,(H,18,24)/t11-/m0/s1. The fraction of sp³-hybridized carbons (Fsp3) is 0.467. The number of cyclic esters (lactones) is 1. The van der Waals surface area contributed by atoms with Gasteiger partial charge in [0.1, 0.15) is 11.9 Å². The maximum absolute atomic E-state index is 14.4. The molecule has 1 N–H and O–H groups in total. The Morgan fingerprint density at radius 1 is 1.38 bits per heavy atom. The Labute approximate surface area is 143 Å². The molecule has 3 rings (SSSR count). The summed E-state index contributed by atoms with van der Waals surface area (Å²) < 4.78 is 37.3. The van der Waals surface area contributed by atoms with Crippen LogP contribution in [0.3, 0.4) is 0 Å². The Hall–Kier alpha value is -2.00. The van der Waals surface area contributed by atoms with Gasteiger partial charge in [-0.05, 0) is 30.4 Å². The molecule has 0 aliphatic carbocycles. The van der Waals surface area contributed by atoms with E-state index in [1.165, 1.54) is 11.0 Å². The molecule has 1 aromatic rings. The van der Waals surface area contributed by atoms with Crippen molar-refractivity contribution < 1.29 is 23.0 Å². The zero-order valence-corrected chi connectivity index (χ0v) is 13.7. The largest absolute Gasteiger partial charge is 0.442 e. The van der Waals surface area contributed by atoms with Crippen LogP contribution >= 0.6 is 12.2 Å². The fourth-order valence-electron chi connectivity index (χ4n) is 2.76. The van der Waals surface area contributed by atoms with Gasteiger partial charge in [-0.15, -0.1) is 0 Å². The quantitative estimate of drug-likeness (QED) is 0.504. The highest BCUT2D eigenvalue weighted by Crippen LogP contribution is 2.28. The number of ether oxygens (including phenoxy) is 2. The van der Waals surface area contributed by atoms with Gasteiger partial charge in [-0.2, -0.15) is 4.39 Å². The number of carbonyl (C=O) groups is 1. The number of nitrogens with zero attached hydrogens (tertiary/aromatic N) is 2. The van der Waals surface area contributed by atoms with Gasteiger partial charge in [0.25, 0.3) is 5.24 Å². The number of benzene rings is 1. The topological polar surface area (TPSA) is 54.0 Å². The summed E-state index contributed by atoms with van der Waals surface area (Å²) >= 11 is 4.28. The SMILES string of the molecule is O=C1O[C@@H](CNC(F)=S)CN1c1ccc(N2CCOCC2)c(F)c1. The Bertz CT molecular complexity index is 640. The lowest BCUT2D eigenvalue weighted by Gasteiger charge is -2.29. The van der Waals surface area contributed by atoms with Crippen molar-refractivity contribution in [3.63, 3.8) is 0 Å². The third kappa shape index (κ3) is 3.73. The van der Waals surface area contributed by atoms with Crippen molar-refractivity contribution in [1.82, 2.24) is 5.32 Å². The van der Waals surface area contributed by atoms with Gasteiger partial charge < -0.3 is 19.7 Å². The summed E-state index contributed by atoms with van der Waals surface area (Å²) in [6, 6.07) is 4.62. The number of anilines is 2. The summed E-state index contributed by atoms with van der Waals surface area (Å²) in [4.78, 5) is 15.1. The highest BCUT2D eigenvalue weighted by Gasteiger charge is 2.33. The van der Waals surface area contributed by atoms with Gasteiger partial charge >= 0.3 is 6.09 Å². The molecule has 1 amide bonds. The molecule has 6 nitrogen and oxygen atoms in total. The molecule has 0 aromatic heterocycles. The Kier molecular flexibility index (Phi) is 5.10. The van der Waals surface area contributed by atoms with Crippen LogP contribution in [-0.4, -0.2) is 56.8 Å². The van der Waals surface area contributed by atoms with Gasteiger partial charge in [-0.3, -0.25) is 4.90 Å². The lowest BCUT2D eigenvalue weighted by atomic mass is 10.2. The molecule has 0 spiro atoms. The zero-order chi connectivity index (χ0) is 17.1.